The predicted molar refractivity (Wildman–Crippen MR) is 127 cm³/mol. The van der Waals surface area contributed by atoms with Gasteiger partial charge in [0, 0.05) is 16.9 Å². The lowest BCUT2D eigenvalue weighted by Crippen LogP contribution is -2.66. The Hall–Kier alpha value is -1.73. The molecule has 2 N–H and O–H groups in total. The van der Waals surface area contributed by atoms with Gasteiger partial charge in [-0.2, -0.15) is 43.9 Å². The van der Waals surface area contributed by atoms with Crippen LogP contribution < -0.4 is 0 Å². The lowest BCUT2D eigenvalue weighted by molar-refractivity contribution is -0.414. The highest BCUT2D eigenvalue weighted by atomic mass is 19.4. The van der Waals surface area contributed by atoms with Crippen molar-refractivity contribution in [2.75, 3.05) is 13.2 Å². The van der Waals surface area contributed by atoms with E-state index in [0.29, 0.717) is 6.92 Å². The van der Waals surface area contributed by atoms with Crippen LogP contribution in [0.5, 0.6) is 0 Å². The molecule has 3 aliphatic rings. The maximum Gasteiger partial charge on any atom is 0.449 e. The fourth-order valence-electron chi connectivity index (χ4n) is 6.56. The van der Waals surface area contributed by atoms with E-state index >= 15 is 17.6 Å². The Bertz CT molecular complexity index is 1170. The first-order chi connectivity index (χ1) is 19.3. The fraction of sp³-hybridized carbons (Fsp3) is 0.885. The Morgan fingerprint density at radius 2 is 1.43 bits per heavy atom. The minimum absolute atomic E-state index is 0.0648. The summed E-state index contributed by atoms with van der Waals surface area (Å²) in [6.45, 7) is 7.93. The number of halogens is 10. The van der Waals surface area contributed by atoms with Crippen molar-refractivity contribution in [3.8, 4) is 0 Å². The summed E-state index contributed by atoms with van der Waals surface area (Å²) in [7, 11) is 0. The number of carbonyl (C=O) groups is 1. The Balaban J connectivity index is 2.07. The van der Waals surface area contributed by atoms with Gasteiger partial charge >= 0.3 is 41.7 Å². The molecule has 256 valence electrons. The first kappa shape index (κ1) is 36.7. The second-order valence-corrected chi connectivity index (χ2v) is 12.7. The van der Waals surface area contributed by atoms with Crippen LogP contribution in [0.15, 0.2) is 12.2 Å². The minimum atomic E-state index is -5.99. The summed E-state index contributed by atoms with van der Waals surface area (Å²) in [6.07, 6.45) is -16.2. The van der Waals surface area contributed by atoms with Crippen LogP contribution in [0.4, 0.5) is 43.9 Å². The molecule has 3 fully saturated rings. The van der Waals surface area contributed by atoms with Gasteiger partial charge in [0.2, 0.25) is 0 Å². The standard InChI is InChI=1S/C26H34F10O8/c1-12(2)16(37)42-13(3)14-9-20(14,17(4,5)43-15-10-40-23(38,21(15,27)28)25(31,32)33)18(6,7)44-19(8)11-41-24(39,22(19,29)30)26(34,35)36/h13-15,38-39H,1,9-11H2,2-8H3. The summed E-state index contributed by atoms with van der Waals surface area (Å²) < 4.78 is 166. The van der Waals surface area contributed by atoms with E-state index in [9.17, 15) is 41.4 Å². The van der Waals surface area contributed by atoms with Crippen LogP contribution in [0, 0.1) is 11.3 Å². The van der Waals surface area contributed by atoms with Gasteiger partial charge < -0.3 is 33.9 Å². The number of alkyl halides is 10. The molecule has 3 rings (SSSR count). The van der Waals surface area contributed by atoms with Crippen molar-refractivity contribution in [2.24, 2.45) is 11.3 Å². The number of esters is 1. The van der Waals surface area contributed by atoms with Crippen molar-refractivity contribution in [1.82, 2.24) is 0 Å². The van der Waals surface area contributed by atoms with Crippen molar-refractivity contribution in [3.05, 3.63) is 12.2 Å². The molecule has 0 spiro atoms. The minimum Gasteiger partial charge on any atom is -0.459 e. The summed E-state index contributed by atoms with van der Waals surface area (Å²) in [4.78, 5) is 12.2. The summed E-state index contributed by atoms with van der Waals surface area (Å²) in [5, 5.41) is 19.5. The van der Waals surface area contributed by atoms with Crippen LogP contribution >= 0.6 is 0 Å². The lowest BCUT2D eigenvalue weighted by atomic mass is 9.71. The summed E-state index contributed by atoms with van der Waals surface area (Å²) in [5.41, 5.74) is -9.43. The normalized spacial score (nSPS) is 38.0. The van der Waals surface area contributed by atoms with Crippen molar-refractivity contribution >= 4 is 5.97 Å². The quantitative estimate of drug-likeness (QED) is 0.201. The van der Waals surface area contributed by atoms with E-state index in [1.54, 1.807) is 0 Å². The summed E-state index contributed by atoms with van der Waals surface area (Å²) in [5.74, 6) is -22.1. The topological polar surface area (TPSA) is 104 Å². The molecule has 0 aromatic rings. The maximum absolute atomic E-state index is 15.3. The van der Waals surface area contributed by atoms with Gasteiger partial charge in [0.05, 0.1) is 24.4 Å². The Kier molecular flexibility index (Phi) is 8.46. The van der Waals surface area contributed by atoms with Gasteiger partial charge in [-0.3, -0.25) is 0 Å². The highest BCUT2D eigenvalue weighted by molar-refractivity contribution is 5.87. The van der Waals surface area contributed by atoms with Crippen LogP contribution in [0.1, 0.15) is 54.9 Å². The number of rotatable bonds is 9. The first-order valence-corrected chi connectivity index (χ1v) is 13.2. The van der Waals surface area contributed by atoms with Crippen molar-refractivity contribution in [2.45, 2.75) is 120 Å². The Morgan fingerprint density at radius 1 is 0.932 bits per heavy atom. The van der Waals surface area contributed by atoms with Crippen LogP contribution in [0.3, 0.4) is 0 Å². The fourth-order valence-corrected chi connectivity index (χ4v) is 6.56. The van der Waals surface area contributed by atoms with E-state index in [-0.39, 0.29) is 12.0 Å². The molecule has 0 aromatic carbocycles. The van der Waals surface area contributed by atoms with Crippen LogP contribution in [-0.4, -0.2) is 94.2 Å². The monoisotopic (exact) mass is 664 g/mol. The van der Waals surface area contributed by atoms with E-state index < -0.39 is 95.3 Å². The van der Waals surface area contributed by atoms with Crippen molar-refractivity contribution in [1.29, 1.82) is 0 Å². The molecule has 0 radical (unpaired) electrons. The summed E-state index contributed by atoms with van der Waals surface area (Å²) in [6, 6.07) is 0. The molecule has 2 heterocycles. The molecule has 1 aliphatic carbocycles. The smallest absolute Gasteiger partial charge is 0.449 e. The van der Waals surface area contributed by atoms with Gasteiger partial charge in [0.15, 0.2) is 11.7 Å². The second-order valence-electron chi connectivity index (χ2n) is 12.7. The molecule has 7 atom stereocenters. The zero-order chi connectivity index (χ0) is 34.5. The second kappa shape index (κ2) is 10.1. The SMILES string of the molecule is C=C(C)C(=O)OC(C)C1CC1(C(C)(C)OC1COC(O)(C(F)(F)F)C1(F)F)C(C)(C)OC1(C)COC(O)(C(F)(F)F)C1(F)F. The number of hydrogen-bond donors (Lipinski definition) is 2. The zero-order valence-electron chi connectivity index (χ0n) is 24.7. The third kappa shape index (κ3) is 4.93. The van der Waals surface area contributed by atoms with E-state index in [0.717, 1.165) is 27.7 Å². The zero-order valence-corrected chi connectivity index (χ0v) is 24.7. The lowest BCUT2D eigenvalue weighted by Gasteiger charge is -2.51. The van der Waals surface area contributed by atoms with Crippen molar-refractivity contribution in [3.63, 3.8) is 0 Å². The van der Waals surface area contributed by atoms with E-state index in [1.807, 2.05) is 0 Å². The molecule has 44 heavy (non-hydrogen) atoms. The average molecular weight is 665 g/mol. The predicted octanol–water partition coefficient (Wildman–Crippen LogP) is 5.05. The van der Waals surface area contributed by atoms with Gasteiger partial charge in [-0.1, -0.05) is 6.58 Å². The summed E-state index contributed by atoms with van der Waals surface area (Å²) >= 11 is 0. The van der Waals surface area contributed by atoms with E-state index in [2.05, 4.69) is 16.1 Å². The molecular weight excluding hydrogens is 630 g/mol. The van der Waals surface area contributed by atoms with Crippen molar-refractivity contribution < 1.29 is 82.6 Å². The van der Waals surface area contributed by atoms with E-state index in [4.69, 9.17) is 14.2 Å². The number of aliphatic hydroxyl groups is 2. The van der Waals surface area contributed by atoms with Gasteiger partial charge in [0.25, 0.3) is 0 Å². The molecule has 1 saturated carbocycles. The Morgan fingerprint density at radius 3 is 1.84 bits per heavy atom. The third-order valence-electron chi connectivity index (χ3n) is 9.00. The number of carbonyl (C=O) groups excluding carboxylic acids is 1. The molecule has 0 aromatic heterocycles. The maximum atomic E-state index is 15.3. The number of hydrogen-bond acceptors (Lipinski definition) is 8. The molecule has 0 amide bonds. The molecule has 7 unspecified atom stereocenters. The van der Waals surface area contributed by atoms with Crippen LogP contribution in [0.2, 0.25) is 0 Å². The molecule has 0 bridgehead atoms. The number of ether oxygens (including phenoxy) is 5. The highest BCUT2D eigenvalue weighted by Crippen LogP contribution is 2.71. The van der Waals surface area contributed by atoms with Gasteiger partial charge in [-0.15, -0.1) is 0 Å². The Labute approximate surface area is 245 Å². The van der Waals surface area contributed by atoms with E-state index in [1.165, 1.54) is 13.8 Å². The molecule has 2 saturated heterocycles. The molecule has 18 heteroatoms. The first-order valence-electron chi connectivity index (χ1n) is 13.2. The molecule has 2 aliphatic heterocycles. The van der Waals surface area contributed by atoms with Gasteiger partial charge in [0.1, 0.15) is 6.10 Å². The van der Waals surface area contributed by atoms with Crippen LogP contribution in [0.25, 0.3) is 0 Å². The highest BCUT2D eigenvalue weighted by Gasteiger charge is 2.84. The van der Waals surface area contributed by atoms with Gasteiger partial charge in [-0.05, 0) is 54.9 Å². The largest absolute Gasteiger partial charge is 0.459 e. The third-order valence-corrected chi connectivity index (χ3v) is 9.00. The molecular formula is C26H34F10O8. The van der Waals surface area contributed by atoms with Gasteiger partial charge in [-0.25, -0.2) is 4.79 Å². The van der Waals surface area contributed by atoms with Crippen LogP contribution in [-0.2, 0) is 28.5 Å². The average Bonchev–Trinajstić information content (AvgIpc) is 3.53. The molecule has 8 nitrogen and oxygen atoms in total.